The summed E-state index contributed by atoms with van der Waals surface area (Å²) in [6, 6.07) is 12.3. The lowest BCUT2D eigenvalue weighted by molar-refractivity contribution is 0.0452. The fourth-order valence-electron chi connectivity index (χ4n) is 2.23. The Morgan fingerprint density at radius 2 is 2.18 bits per heavy atom. The number of rotatable bonds is 4. The summed E-state index contributed by atoms with van der Waals surface area (Å²) in [6.45, 7) is 0.940. The van der Waals surface area contributed by atoms with E-state index >= 15 is 0 Å². The molecule has 2 rings (SSSR count). The Labute approximate surface area is 102 Å². The van der Waals surface area contributed by atoms with Gasteiger partial charge in [0.25, 0.3) is 0 Å². The fourth-order valence-corrected chi connectivity index (χ4v) is 2.23. The minimum Gasteiger partial charge on any atom is -0.391 e. The summed E-state index contributed by atoms with van der Waals surface area (Å²) in [5, 5.41) is 19.4. The molecule has 0 saturated carbocycles. The summed E-state index contributed by atoms with van der Waals surface area (Å²) in [4.78, 5) is 0. The molecule has 0 bridgehead atoms. The van der Waals surface area contributed by atoms with Crippen molar-refractivity contribution >= 4 is 0 Å². The van der Waals surface area contributed by atoms with Crippen molar-refractivity contribution in [1.82, 2.24) is 0 Å². The van der Waals surface area contributed by atoms with Gasteiger partial charge in [-0.25, -0.2) is 0 Å². The molecule has 1 heterocycles. The van der Waals surface area contributed by atoms with Crippen LogP contribution in [0.15, 0.2) is 30.3 Å². The van der Waals surface area contributed by atoms with Crippen LogP contribution in [0.4, 0.5) is 0 Å². The van der Waals surface area contributed by atoms with Crippen molar-refractivity contribution in [3.8, 4) is 6.07 Å². The Kier molecular flexibility index (Phi) is 3.78. The van der Waals surface area contributed by atoms with Gasteiger partial charge in [-0.3, -0.25) is 0 Å². The van der Waals surface area contributed by atoms with Gasteiger partial charge in [0.05, 0.1) is 18.8 Å². The van der Waals surface area contributed by atoms with E-state index in [0.29, 0.717) is 26.1 Å². The van der Waals surface area contributed by atoms with Gasteiger partial charge in [-0.1, -0.05) is 30.3 Å². The van der Waals surface area contributed by atoms with Gasteiger partial charge in [-0.2, -0.15) is 5.26 Å². The van der Waals surface area contributed by atoms with E-state index in [1.165, 1.54) is 5.56 Å². The van der Waals surface area contributed by atoms with Crippen LogP contribution >= 0.6 is 0 Å². The molecular weight excluding hydrogens is 214 g/mol. The average molecular weight is 231 g/mol. The van der Waals surface area contributed by atoms with Crippen molar-refractivity contribution in [2.24, 2.45) is 5.41 Å². The van der Waals surface area contributed by atoms with Gasteiger partial charge in [0.2, 0.25) is 0 Å². The van der Waals surface area contributed by atoms with E-state index in [9.17, 15) is 10.4 Å². The van der Waals surface area contributed by atoms with E-state index in [1.54, 1.807) is 0 Å². The van der Waals surface area contributed by atoms with Crippen molar-refractivity contribution in [3.63, 3.8) is 0 Å². The van der Waals surface area contributed by atoms with Crippen LogP contribution in [0.5, 0.6) is 0 Å². The standard InChI is InChI=1S/C14H17NO2/c15-10-14(8-9-17-11-14)13(16)7-6-12-4-2-1-3-5-12/h1-5,13,16H,6-9,11H2. The quantitative estimate of drug-likeness (QED) is 0.861. The monoisotopic (exact) mass is 231 g/mol. The lowest BCUT2D eigenvalue weighted by atomic mass is 9.80. The third-order valence-electron chi connectivity index (χ3n) is 3.46. The van der Waals surface area contributed by atoms with Gasteiger partial charge in [-0.15, -0.1) is 0 Å². The number of hydrogen-bond acceptors (Lipinski definition) is 3. The molecule has 1 aromatic carbocycles. The second kappa shape index (κ2) is 5.31. The minimum atomic E-state index is -0.686. The molecule has 1 aliphatic heterocycles. The van der Waals surface area contributed by atoms with Crippen LogP contribution < -0.4 is 0 Å². The van der Waals surface area contributed by atoms with Gasteiger partial charge >= 0.3 is 0 Å². The normalized spacial score (nSPS) is 25.4. The van der Waals surface area contributed by atoms with E-state index in [1.807, 2.05) is 30.3 Å². The molecule has 1 fully saturated rings. The first kappa shape index (κ1) is 12.1. The number of nitriles is 1. The van der Waals surface area contributed by atoms with Gasteiger partial charge < -0.3 is 9.84 Å². The van der Waals surface area contributed by atoms with Crippen LogP contribution in [0.1, 0.15) is 18.4 Å². The highest BCUT2D eigenvalue weighted by atomic mass is 16.5. The SMILES string of the molecule is N#CC1(C(O)CCc2ccccc2)CCOC1. The molecule has 0 aromatic heterocycles. The first-order valence-corrected chi connectivity index (χ1v) is 5.98. The Bertz CT molecular complexity index is 390. The van der Waals surface area contributed by atoms with Gasteiger partial charge in [0.1, 0.15) is 5.41 Å². The second-order valence-corrected chi connectivity index (χ2v) is 4.61. The molecule has 1 N–H and O–H groups in total. The molecule has 1 aromatic rings. The highest BCUT2D eigenvalue weighted by Gasteiger charge is 2.41. The Hall–Kier alpha value is -1.37. The molecule has 0 amide bonds. The molecule has 90 valence electrons. The topological polar surface area (TPSA) is 53.2 Å². The molecule has 0 aliphatic carbocycles. The fraction of sp³-hybridized carbons (Fsp3) is 0.500. The Morgan fingerprint density at radius 3 is 2.76 bits per heavy atom. The molecule has 2 unspecified atom stereocenters. The van der Waals surface area contributed by atoms with Crippen LogP contribution in [0.2, 0.25) is 0 Å². The third-order valence-corrected chi connectivity index (χ3v) is 3.46. The summed E-state index contributed by atoms with van der Waals surface area (Å²) in [5.74, 6) is 0. The molecule has 17 heavy (non-hydrogen) atoms. The largest absolute Gasteiger partial charge is 0.391 e. The highest BCUT2D eigenvalue weighted by Crippen LogP contribution is 2.33. The number of nitrogens with zero attached hydrogens (tertiary/aromatic N) is 1. The molecule has 2 atom stereocenters. The Morgan fingerprint density at radius 1 is 1.41 bits per heavy atom. The van der Waals surface area contributed by atoms with Crippen molar-refractivity contribution in [2.45, 2.75) is 25.4 Å². The third kappa shape index (κ3) is 2.66. The van der Waals surface area contributed by atoms with Crippen molar-refractivity contribution in [3.05, 3.63) is 35.9 Å². The summed E-state index contributed by atoms with van der Waals surface area (Å²) in [7, 11) is 0. The van der Waals surface area contributed by atoms with Crippen molar-refractivity contribution in [1.29, 1.82) is 5.26 Å². The van der Waals surface area contributed by atoms with Gasteiger partial charge in [-0.05, 0) is 24.8 Å². The van der Waals surface area contributed by atoms with Gasteiger partial charge in [0, 0.05) is 6.61 Å². The molecule has 1 saturated heterocycles. The zero-order chi connectivity index (χ0) is 12.1. The zero-order valence-corrected chi connectivity index (χ0v) is 9.80. The number of hydrogen-bond donors (Lipinski definition) is 1. The summed E-state index contributed by atoms with van der Waals surface area (Å²) >= 11 is 0. The lowest BCUT2D eigenvalue weighted by Gasteiger charge is -2.25. The number of ether oxygens (including phenoxy) is 1. The van der Waals surface area contributed by atoms with Crippen LogP contribution in [0, 0.1) is 16.7 Å². The smallest absolute Gasteiger partial charge is 0.109 e. The van der Waals surface area contributed by atoms with Gasteiger partial charge in [0.15, 0.2) is 0 Å². The Balaban J connectivity index is 1.93. The molecule has 1 aliphatic rings. The average Bonchev–Trinajstić information content (AvgIpc) is 2.87. The highest BCUT2D eigenvalue weighted by molar-refractivity contribution is 5.15. The van der Waals surface area contributed by atoms with Crippen LogP contribution in [0.25, 0.3) is 0 Å². The molecule has 3 nitrogen and oxygen atoms in total. The number of aliphatic hydroxyl groups is 1. The first-order chi connectivity index (χ1) is 8.27. The predicted octanol–water partition coefficient (Wildman–Crippen LogP) is 1.91. The number of aliphatic hydroxyl groups excluding tert-OH is 1. The predicted molar refractivity (Wildman–Crippen MR) is 64.3 cm³/mol. The maximum Gasteiger partial charge on any atom is 0.109 e. The molecular formula is C14H17NO2. The van der Waals surface area contributed by atoms with Crippen molar-refractivity contribution < 1.29 is 9.84 Å². The summed E-state index contributed by atoms with van der Waals surface area (Å²) < 4.78 is 5.24. The van der Waals surface area contributed by atoms with E-state index in [2.05, 4.69) is 6.07 Å². The van der Waals surface area contributed by atoms with E-state index in [-0.39, 0.29) is 0 Å². The van der Waals surface area contributed by atoms with E-state index < -0.39 is 11.5 Å². The molecule has 3 heteroatoms. The van der Waals surface area contributed by atoms with Crippen LogP contribution in [-0.2, 0) is 11.2 Å². The minimum absolute atomic E-state index is 0.361. The second-order valence-electron chi connectivity index (χ2n) is 4.61. The van der Waals surface area contributed by atoms with Crippen LogP contribution in [0.3, 0.4) is 0 Å². The van der Waals surface area contributed by atoms with Crippen molar-refractivity contribution in [2.75, 3.05) is 13.2 Å². The maximum atomic E-state index is 10.2. The zero-order valence-electron chi connectivity index (χ0n) is 9.80. The van der Waals surface area contributed by atoms with Crippen LogP contribution in [-0.4, -0.2) is 24.4 Å². The lowest BCUT2D eigenvalue weighted by Crippen LogP contribution is -2.34. The number of benzene rings is 1. The van der Waals surface area contributed by atoms with E-state index in [4.69, 9.17) is 4.74 Å². The number of aryl methyl sites for hydroxylation is 1. The summed E-state index contributed by atoms with van der Waals surface area (Å²) in [5.41, 5.74) is 0.507. The summed E-state index contributed by atoms with van der Waals surface area (Å²) in [6.07, 6.45) is 1.45. The maximum absolute atomic E-state index is 10.2. The molecule has 0 spiro atoms. The van der Waals surface area contributed by atoms with E-state index in [0.717, 1.165) is 6.42 Å². The first-order valence-electron chi connectivity index (χ1n) is 5.98. The molecule has 0 radical (unpaired) electrons.